The van der Waals surface area contributed by atoms with Crippen molar-refractivity contribution in [3.8, 4) is 23.0 Å². The second-order valence-electron chi connectivity index (χ2n) is 9.81. The molecule has 4 N–H and O–H groups in total. The van der Waals surface area contributed by atoms with E-state index in [1.54, 1.807) is 18.2 Å². The van der Waals surface area contributed by atoms with Gasteiger partial charge in [-0.05, 0) is 85.5 Å². The zero-order valence-corrected chi connectivity index (χ0v) is 17.7. The molecule has 0 spiro atoms. The lowest BCUT2D eigenvalue weighted by molar-refractivity contribution is -0.00617. The molecule has 2 aromatic carbocycles. The van der Waals surface area contributed by atoms with Gasteiger partial charge in [-0.15, -0.1) is 0 Å². The van der Waals surface area contributed by atoms with E-state index in [2.05, 4.69) is 5.32 Å². The van der Waals surface area contributed by atoms with Crippen LogP contribution >= 0.6 is 0 Å². The van der Waals surface area contributed by atoms with Crippen LogP contribution in [0, 0.1) is 17.8 Å². The Morgan fingerprint density at radius 2 is 1.61 bits per heavy atom. The summed E-state index contributed by atoms with van der Waals surface area (Å²) < 4.78 is 5.15. The summed E-state index contributed by atoms with van der Waals surface area (Å²) in [7, 11) is 1.51. The summed E-state index contributed by atoms with van der Waals surface area (Å²) in [5.74, 6) is 2.13. The van der Waals surface area contributed by atoms with Crippen LogP contribution in [-0.2, 0) is 12.0 Å². The molecular formula is C25H29NO5. The highest BCUT2D eigenvalue weighted by Gasteiger charge is 2.52. The molecule has 6 heteroatoms. The first-order valence-electron chi connectivity index (χ1n) is 11.1. The number of ether oxygens (including phenoxy) is 1. The minimum Gasteiger partial charge on any atom is -0.508 e. The Labute approximate surface area is 181 Å². The quantitative estimate of drug-likeness (QED) is 0.577. The fourth-order valence-electron chi connectivity index (χ4n) is 6.77. The van der Waals surface area contributed by atoms with Crippen LogP contribution in [0.1, 0.15) is 60.0 Å². The van der Waals surface area contributed by atoms with Crippen LogP contribution in [0.5, 0.6) is 23.0 Å². The fourth-order valence-corrected chi connectivity index (χ4v) is 6.77. The van der Waals surface area contributed by atoms with E-state index in [1.807, 2.05) is 0 Å². The summed E-state index contributed by atoms with van der Waals surface area (Å²) >= 11 is 0. The molecule has 4 saturated carbocycles. The number of benzene rings is 2. The predicted octanol–water partition coefficient (Wildman–Crippen LogP) is 4.21. The van der Waals surface area contributed by atoms with Crippen molar-refractivity contribution >= 4 is 5.91 Å². The first kappa shape index (κ1) is 20.0. The average molecular weight is 424 g/mol. The third kappa shape index (κ3) is 3.58. The molecule has 6 nitrogen and oxygen atoms in total. The number of carbonyl (C=O) groups is 1. The van der Waals surface area contributed by atoms with E-state index in [0.29, 0.717) is 29.1 Å². The first-order valence-corrected chi connectivity index (χ1v) is 11.1. The van der Waals surface area contributed by atoms with Crippen LogP contribution in [0.15, 0.2) is 30.3 Å². The molecule has 1 amide bonds. The van der Waals surface area contributed by atoms with Crippen LogP contribution in [0.25, 0.3) is 0 Å². The largest absolute Gasteiger partial charge is 0.508 e. The van der Waals surface area contributed by atoms with Gasteiger partial charge >= 0.3 is 0 Å². The van der Waals surface area contributed by atoms with Crippen molar-refractivity contribution in [2.45, 2.75) is 50.5 Å². The molecule has 164 valence electrons. The Morgan fingerprint density at radius 3 is 2.23 bits per heavy atom. The monoisotopic (exact) mass is 423 g/mol. The number of amides is 1. The molecule has 0 aliphatic heterocycles. The molecular weight excluding hydrogens is 394 g/mol. The zero-order chi connectivity index (χ0) is 21.8. The molecule has 0 saturated heterocycles. The summed E-state index contributed by atoms with van der Waals surface area (Å²) in [6, 6.07) is 7.81. The third-order valence-corrected chi connectivity index (χ3v) is 7.61. The Hall–Kier alpha value is -2.89. The standard InChI is InChI=1S/C25H29NO5/c1-31-19-6-17(5-18(27)7-19)13-26-24(30)20-8-21(23(29)9-22(20)28)25-10-14-2-15(11-25)4-16(3-14)12-25/h5-9,14-16,27-29H,2-4,10-13H2,1H3,(H,26,30). The van der Waals surface area contributed by atoms with Gasteiger partial charge in [0, 0.05) is 24.2 Å². The molecule has 0 atom stereocenters. The average Bonchev–Trinajstić information content (AvgIpc) is 2.70. The van der Waals surface area contributed by atoms with E-state index >= 15 is 0 Å². The van der Waals surface area contributed by atoms with Crippen molar-refractivity contribution in [3.05, 3.63) is 47.0 Å². The minimum absolute atomic E-state index is 0.0557. The lowest BCUT2D eigenvalue weighted by Gasteiger charge is -2.57. The highest BCUT2D eigenvalue weighted by molar-refractivity contribution is 5.97. The lowest BCUT2D eigenvalue weighted by Crippen LogP contribution is -2.48. The summed E-state index contributed by atoms with van der Waals surface area (Å²) in [6.45, 7) is 0.177. The molecule has 4 aliphatic carbocycles. The topological polar surface area (TPSA) is 99.0 Å². The number of carbonyl (C=O) groups excluding carboxylic acids is 1. The van der Waals surface area contributed by atoms with Gasteiger partial charge in [0.25, 0.3) is 5.91 Å². The van der Waals surface area contributed by atoms with Gasteiger partial charge in [-0.3, -0.25) is 4.79 Å². The third-order valence-electron chi connectivity index (χ3n) is 7.61. The van der Waals surface area contributed by atoms with Gasteiger partial charge in [0.05, 0.1) is 12.7 Å². The lowest BCUT2D eigenvalue weighted by atomic mass is 9.48. The van der Waals surface area contributed by atoms with Gasteiger partial charge in [0.1, 0.15) is 23.0 Å². The SMILES string of the molecule is COc1cc(O)cc(CNC(=O)c2cc(C34CC5CC(CC(C5)C3)C4)c(O)cc2O)c1. The fraction of sp³-hybridized carbons (Fsp3) is 0.480. The zero-order valence-electron chi connectivity index (χ0n) is 17.7. The van der Waals surface area contributed by atoms with Crippen LogP contribution < -0.4 is 10.1 Å². The van der Waals surface area contributed by atoms with Crippen LogP contribution in [0.3, 0.4) is 0 Å². The Morgan fingerprint density at radius 1 is 0.968 bits per heavy atom. The maximum absolute atomic E-state index is 12.9. The number of aromatic hydroxyl groups is 3. The molecule has 0 aromatic heterocycles. The van der Waals surface area contributed by atoms with Crippen LogP contribution in [0.4, 0.5) is 0 Å². The van der Waals surface area contributed by atoms with Gasteiger partial charge < -0.3 is 25.4 Å². The number of rotatable bonds is 5. The molecule has 4 bridgehead atoms. The summed E-state index contributed by atoms with van der Waals surface area (Å²) in [5, 5.41) is 33.7. The van der Waals surface area contributed by atoms with E-state index in [1.165, 1.54) is 38.5 Å². The van der Waals surface area contributed by atoms with Crippen molar-refractivity contribution in [3.63, 3.8) is 0 Å². The van der Waals surface area contributed by atoms with E-state index in [4.69, 9.17) is 4.74 Å². The van der Waals surface area contributed by atoms with Crippen LogP contribution in [-0.4, -0.2) is 28.3 Å². The molecule has 4 fully saturated rings. The molecule has 6 rings (SSSR count). The first-order chi connectivity index (χ1) is 14.8. The number of hydrogen-bond acceptors (Lipinski definition) is 5. The minimum atomic E-state index is -0.411. The Balaban J connectivity index is 1.40. The van der Waals surface area contributed by atoms with E-state index in [-0.39, 0.29) is 34.8 Å². The molecule has 0 unspecified atom stereocenters. The molecule has 31 heavy (non-hydrogen) atoms. The number of hydrogen-bond donors (Lipinski definition) is 4. The van der Waals surface area contributed by atoms with Crippen molar-refractivity contribution in [1.29, 1.82) is 0 Å². The second kappa shape index (κ2) is 7.36. The van der Waals surface area contributed by atoms with Crippen molar-refractivity contribution in [2.24, 2.45) is 17.8 Å². The van der Waals surface area contributed by atoms with Crippen molar-refractivity contribution < 1.29 is 24.9 Å². The Bertz CT molecular complexity index is 996. The van der Waals surface area contributed by atoms with Gasteiger partial charge in [0.15, 0.2) is 0 Å². The van der Waals surface area contributed by atoms with E-state index in [0.717, 1.165) is 24.8 Å². The molecule has 4 aliphatic rings. The van der Waals surface area contributed by atoms with E-state index < -0.39 is 5.91 Å². The number of phenolic OH excluding ortho intramolecular Hbond substituents is 3. The number of nitrogens with one attached hydrogen (secondary N) is 1. The predicted molar refractivity (Wildman–Crippen MR) is 115 cm³/mol. The summed E-state index contributed by atoms with van der Waals surface area (Å²) in [6.07, 6.45) is 7.04. The van der Waals surface area contributed by atoms with Gasteiger partial charge in [-0.2, -0.15) is 0 Å². The molecule has 0 radical (unpaired) electrons. The summed E-state index contributed by atoms with van der Waals surface area (Å²) in [4.78, 5) is 12.9. The molecule has 0 heterocycles. The highest BCUT2D eigenvalue weighted by Crippen LogP contribution is 2.62. The second-order valence-corrected chi connectivity index (χ2v) is 9.81. The Kier molecular flexibility index (Phi) is 4.76. The van der Waals surface area contributed by atoms with Gasteiger partial charge in [-0.1, -0.05) is 0 Å². The maximum atomic E-state index is 12.9. The summed E-state index contributed by atoms with van der Waals surface area (Å²) in [5.41, 5.74) is 1.59. The maximum Gasteiger partial charge on any atom is 0.255 e. The normalized spacial score (nSPS) is 28.5. The van der Waals surface area contributed by atoms with Gasteiger partial charge in [-0.25, -0.2) is 0 Å². The number of phenols is 3. The smallest absolute Gasteiger partial charge is 0.255 e. The van der Waals surface area contributed by atoms with Crippen molar-refractivity contribution in [1.82, 2.24) is 5.32 Å². The van der Waals surface area contributed by atoms with E-state index in [9.17, 15) is 20.1 Å². The molecule has 2 aromatic rings. The van der Waals surface area contributed by atoms with Crippen molar-refractivity contribution in [2.75, 3.05) is 7.11 Å². The highest BCUT2D eigenvalue weighted by atomic mass is 16.5. The number of methoxy groups -OCH3 is 1. The van der Waals surface area contributed by atoms with Crippen LogP contribution in [0.2, 0.25) is 0 Å². The van der Waals surface area contributed by atoms with Gasteiger partial charge in [0.2, 0.25) is 0 Å².